The highest BCUT2D eigenvalue weighted by molar-refractivity contribution is 6.15. The van der Waals surface area contributed by atoms with Crippen molar-refractivity contribution in [3.8, 4) is 0 Å². The number of aromatic nitrogens is 3. The Bertz CT molecular complexity index is 335. The zero-order valence-electron chi connectivity index (χ0n) is 5.74. The van der Waals surface area contributed by atoms with Crippen LogP contribution in [0, 0.1) is 0 Å². The van der Waals surface area contributed by atoms with Gasteiger partial charge in [-0.2, -0.15) is 15.0 Å². The molecule has 1 aromatic heterocycles. The van der Waals surface area contributed by atoms with Gasteiger partial charge in [0, 0.05) is 0 Å². The van der Waals surface area contributed by atoms with Crippen molar-refractivity contribution in [2.75, 3.05) is 0 Å². The van der Waals surface area contributed by atoms with E-state index in [1.165, 1.54) is 4.80 Å². The molecule has 2 aromatic rings. The zero-order valence-corrected chi connectivity index (χ0v) is 6.49. The molecule has 1 heterocycles. The standard InChI is InChI=1S/C7H6ClN3/c8-5-11-9-6-3-1-2-4-7(6)10-11/h1-4H,5H2. The molecule has 0 radical (unpaired) electrons. The van der Waals surface area contributed by atoms with Crippen molar-refractivity contribution >= 4 is 22.6 Å². The largest absolute Gasteiger partial charge is 0.169 e. The summed E-state index contributed by atoms with van der Waals surface area (Å²) in [6.07, 6.45) is 0. The third-order valence-electron chi connectivity index (χ3n) is 1.43. The van der Waals surface area contributed by atoms with Crippen LogP contribution in [0.2, 0.25) is 0 Å². The van der Waals surface area contributed by atoms with Crippen LogP contribution in [-0.2, 0) is 6.00 Å². The quantitative estimate of drug-likeness (QED) is 0.605. The number of halogens is 1. The van der Waals surface area contributed by atoms with Crippen molar-refractivity contribution < 1.29 is 0 Å². The first-order valence-electron chi connectivity index (χ1n) is 3.26. The summed E-state index contributed by atoms with van der Waals surface area (Å²) < 4.78 is 0. The second kappa shape index (κ2) is 2.51. The number of benzene rings is 1. The van der Waals surface area contributed by atoms with Gasteiger partial charge in [0.1, 0.15) is 17.0 Å². The van der Waals surface area contributed by atoms with Gasteiger partial charge in [-0.1, -0.05) is 23.7 Å². The van der Waals surface area contributed by atoms with Crippen LogP contribution >= 0.6 is 11.6 Å². The van der Waals surface area contributed by atoms with Crippen molar-refractivity contribution in [3.05, 3.63) is 24.3 Å². The van der Waals surface area contributed by atoms with Gasteiger partial charge in [-0.3, -0.25) is 0 Å². The summed E-state index contributed by atoms with van der Waals surface area (Å²) in [6, 6.07) is 7.97. The summed E-state index contributed by atoms with van der Waals surface area (Å²) in [4.78, 5) is 1.46. The monoisotopic (exact) mass is 167 g/mol. The van der Waals surface area contributed by atoms with Crippen molar-refractivity contribution in [3.63, 3.8) is 0 Å². The second-order valence-corrected chi connectivity index (χ2v) is 2.42. The first-order chi connectivity index (χ1) is 5.40. The third-order valence-corrected chi connectivity index (χ3v) is 1.65. The summed E-state index contributed by atoms with van der Waals surface area (Å²) in [5.41, 5.74) is 1.77. The number of hydrogen-bond donors (Lipinski definition) is 0. The molecule has 2 rings (SSSR count). The molecule has 0 bridgehead atoms. The lowest BCUT2D eigenvalue weighted by molar-refractivity contribution is 0.646. The molecule has 56 valence electrons. The molecule has 0 amide bonds. The molecule has 3 nitrogen and oxygen atoms in total. The van der Waals surface area contributed by atoms with E-state index in [1.54, 1.807) is 0 Å². The highest BCUT2D eigenvalue weighted by Crippen LogP contribution is 2.06. The maximum absolute atomic E-state index is 5.54. The molecular formula is C7H6ClN3. The van der Waals surface area contributed by atoms with Gasteiger partial charge in [-0.15, -0.1) is 0 Å². The smallest absolute Gasteiger partial charge is 0.134 e. The van der Waals surface area contributed by atoms with Gasteiger partial charge < -0.3 is 0 Å². The maximum atomic E-state index is 5.54. The molecule has 0 aliphatic rings. The molecule has 11 heavy (non-hydrogen) atoms. The summed E-state index contributed by atoms with van der Waals surface area (Å²) in [5, 5.41) is 8.21. The van der Waals surface area contributed by atoms with Crippen LogP contribution in [0.25, 0.3) is 11.0 Å². The van der Waals surface area contributed by atoms with Gasteiger partial charge in [0.25, 0.3) is 0 Å². The molecule has 0 aliphatic carbocycles. The molecule has 0 unspecified atom stereocenters. The highest BCUT2D eigenvalue weighted by atomic mass is 35.5. The van der Waals surface area contributed by atoms with E-state index in [0.29, 0.717) is 6.00 Å². The van der Waals surface area contributed by atoms with Crippen LogP contribution in [-0.4, -0.2) is 15.0 Å². The Morgan fingerprint density at radius 1 is 1.18 bits per heavy atom. The third kappa shape index (κ3) is 1.07. The lowest BCUT2D eigenvalue weighted by Crippen LogP contribution is -1.95. The maximum Gasteiger partial charge on any atom is 0.134 e. The summed E-state index contributed by atoms with van der Waals surface area (Å²) >= 11 is 5.54. The molecule has 0 N–H and O–H groups in total. The number of nitrogens with zero attached hydrogens (tertiary/aromatic N) is 3. The van der Waals surface area contributed by atoms with E-state index < -0.39 is 0 Å². The van der Waals surface area contributed by atoms with Crippen molar-refractivity contribution in [1.82, 2.24) is 15.0 Å². The van der Waals surface area contributed by atoms with Gasteiger partial charge in [0.15, 0.2) is 0 Å². The number of rotatable bonds is 1. The summed E-state index contributed by atoms with van der Waals surface area (Å²) in [7, 11) is 0. The van der Waals surface area contributed by atoms with E-state index >= 15 is 0 Å². The van der Waals surface area contributed by atoms with E-state index in [1.807, 2.05) is 24.3 Å². The topological polar surface area (TPSA) is 30.7 Å². The Kier molecular flexibility index (Phi) is 1.51. The normalized spacial score (nSPS) is 10.6. The molecule has 0 atom stereocenters. The predicted octanol–water partition coefficient (Wildman–Crippen LogP) is 1.63. The van der Waals surface area contributed by atoms with Crippen LogP contribution in [0.1, 0.15) is 0 Å². The van der Waals surface area contributed by atoms with Gasteiger partial charge in [0.2, 0.25) is 0 Å². The summed E-state index contributed by atoms with van der Waals surface area (Å²) in [5.74, 6) is 0. The average Bonchev–Trinajstić information content (AvgIpc) is 2.46. The molecule has 1 aromatic carbocycles. The van der Waals surface area contributed by atoms with Crippen LogP contribution < -0.4 is 0 Å². The van der Waals surface area contributed by atoms with Gasteiger partial charge >= 0.3 is 0 Å². The average molecular weight is 168 g/mol. The van der Waals surface area contributed by atoms with E-state index in [4.69, 9.17) is 11.6 Å². The molecule has 0 saturated heterocycles. The SMILES string of the molecule is ClCn1nc2ccccc2n1. The minimum atomic E-state index is 0.300. The Morgan fingerprint density at radius 2 is 1.73 bits per heavy atom. The fourth-order valence-electron chi connectivity index (χ4n) is 0.958. The Labute approximate surface area is 68.6 Å². The van der Waals surface area contributed by atoms with Crippen molar-refractivity contribution in [2.45, 2.75) is 6.00 Å². The lowest BCUT2D eigenvalue weighted by atomic mass is 10.3. The molecule has 4 heteroatoms. The first-order valence-corrected chi connectivity index (χ1v) is 3.79. The molecule has 0 aliphatic heterocycles. The minimum Gasteiger partial charge on any atom is -0.169 e. The highest BCUT2D eigenvalue weighted by Gasteiger charge is 1.97. The van der Waals surface area contributed by atoms with Gasteiger partial charge in [-0.25, -0.2) is 0 Å². The lowest BCUT2D eigenvalue weighted by Gasteiger charge is -1.84. The first kappa shape index (κ1) is 6.61. The Hall–Kier alpha value is -1.09. The van der Waals surface area contributed by atoms with E-state index in [-0.39, 0.29) is 0 Å². The van der Waals surface area contributed by atoms with Crippen LogP contribution in [0.15, 0.2) is 24.3 Å². The predicted molar refractivity (Wildman–Crippen MR) is 43.4 cm³/mol. The fourth-order valence-corrected chi connectivity index (χ4v) is 1.06. The van der Waals surface area contributed by atoms with E-state index in [9.17, 15) is 0 Å². The minimum absolute atomic E-state index is 0.300. The van der Waals surface area contributed by atoms with Crippen molar-refractivity contribution in [1.29, 1.82) is 0 Å². The zero-order chi connectivity index (χ0) is 7.68. The molecule has 0 spiro atoms. The number of alkyl halides is 1. The Balaban J connectivity index is 2.69. The number of hydrogen-bond acceptors (Lipinski definition) is 2. The Morgan fingerprint density at radius 3 is 2.18 bits per heavy atom. The molecular weight excluding hydrogens is 162 g/mol. The van der Waals surface area contributed by atoms with Crippen LogP contribution in [0.4, 0.5) is 0 Å². The van der Waals surface area contributed by atoms with Gasteiger partial charge in [-0.05, 0) is 12.1 Å². The number of fused-ring (bicyclic) bond motifs is 1. The van der Waals surface area contributed by atoms with Crippen LogP contribution in [0.5, 0.6) is 0 Å². The second-order valence-electron chi connectivity index (χ2n) is 2.18. The molecule has 0 saturated carbocycles. The van der Waals surface area contributed by atoms with E-state index in [0.717, 1.165) is 11.0 Å². The fraction of sp³-hybridized carbons (Fsp3) is 0.143. The van der Waals surface area contributed by atoms with E-state index in [2.05, 4.69) is 10.2 Å². The molecule has 0 fully saturated rings. The van der Waals surface area contributed by atoms with Crippen molar-refractivity contribution in [2.24, 2.45) is 0 Å². The van der Waals surface area contributed by atoms with Gasteiger partial charge in [0.05, 0.1) is 0 Å². The van der Waals surface area contributed by atoms with Crippen LogP contribution in [0.3, 0.4) is 0 Å². The summed E-state index contributed by atoms with van der Waals surface area (Å²) in [6.45, 7) is 0.